The van der Waals surface area contributed by atoms with Crippen LogP contribution in [0.3, 0.4) is 0 Å². The number of rotatable bonds is 3. The van der Waals surface area contributed by atoms with E-state index < -0.39 is 11.9 Å². The van der Waals surface area contributed by atoms with Gasteiger partial charge in [-0.05, 0) is 11.1 Å². The number of halogens is 3. The molecule has 2 aromatic carbocycles. The summed E-state index contributed by atoms with van der Waals surface area (Å²) in [4.78, 5) is 0. The maximum atomic E-state index is 13.3. The van der Waals surface area contributed by atoms with Crippen LogP contribution in [0, 0.1) is 0 Å². The topological polar surface area (TPSA) is 17.8 Å². The summed E-state index contributed by atoms with van der Waals surface area (Å²) in [5.74, 6) is 0. The Balaban J connectivity index is 2.11. The molecule has 23 heavy (non-hydrogen) atoms. The molecule has 0 radical (unpaired) electrons. The lowest BCUT2D eigenvalue weighted by Gasteiger charge is -2.06. The Morgan fingerprint density at radius 2 is 1.48 bits per heavy atom. The lowest BCUT2D eigenvalue weighted by atomic mass is 10.1. The van der Waals surface area contributed by atoms with Crippen molar-refractivity contribution in [3.63, 3.8) is 0 Å². The van der Waals surface area contributed by atoms with Gasteiger partial charge in [0.2, 0.25) is 0 Å². The van der Waals surface area contributed by atoms with E-state index in [0.29, 0.717) is 16.8 Å². The van der Waals surface area contributed by atoms with Crippen LogP contribution in [0.25, 0.3) is 16.8 Å². The molecule has 5 heteroatoms. The Bertz CT molecular complexity index is 818. The largest absolute Gasteiger partial charge is 0.435 e. The third-order valence-electron chi connectivity index (χ3n) is 3.45. The molecule has 0 aliphatic heterocycles. The number of alkyl halides is 3. The van der Waals surface area contributed by atoms with Gasteiger partial charge >= 0.3 is 6.18 Å². The van der Waals surface area contributed by atoms with E-state index in [4.69, 9.17) is 0 Å². The molecule has 0 saturated carbocycles. The molecule has 0 N–H and O–H groups in total. The highest BCUT2D eigenvalue weighted by Crippen LogP contribution is 2.36. The van der Waals surface area contributed by atoms with Gasteiger partial charge < -0.3 is 0 Å². The minimum absolute atomic E-state index is 0.0372. The molecule has 116 valence electrons. The molecular formula is C18H13F3N2. The molecule has 0 bridgehead atoms. The quantitative estimate of drug-likeness (QED) is 0.658. The first-order valence-electron chi connectivity index (χ1n) is 6.94. The van der Waals surface area contributed by atoms with Crippen molar-refractivity contribution >= 4 is 5.70 Å². The van der Waals surface area contributed by atoms with E-state index in [2.05, 4.69) is 11.7 Å². The fourth-order valence-electron chi connectivity index (χ4n) is 2.31. The molecule has 0 unspecified atom stereocenters. The predicted octanol–water partition coefficient (Wildman–Crippen LogP) is 5.09. The van der Waals surface area contributed by atoms with Crippen molar-refractivity contribution in [3.05, 3.63) is 84.7 Å². The monoisotopic (exact) mass is 314 g/mol. The van der Waals surface area contributed by atoms with Crippen LogP contribution in [0.2, 0.25) is 0 Å². The number of nitrogens with zero attached hydrogens (tertiary/aromatic N) is 2. The van der Waals surface area contributed by atoms with E-state index in [0.717, 1.165) is 0 Å². The van der Waals surface area contributed by atoms with Crippen LogP contribution >= 0.6 is 0 Å². The summed E-state index contributed by atoms with van der Waals surface area (Å²) in [5.41, 5.74) is 0.685. The predicted molar refractivity (Wildman–Crippen MR) is 83.5 cm³/mol. The lowest BCUT2D eigenvalue weighted by Crippen LogP contribution is -2.09. The second kappa shape index (κ2) is 5.76. The van der Waals surface area contributed by atoms with Gasteiger partial charge in [0, 0.05) is 11.8 Å². The Morgan fingerprint density at radius 1 is 0.913 bits per heavy atom. The van der Waals surface area contributed by atoms with Gasteiger partial charge in [-0.15, -0.1) is 0 Å². The first kappa shape index (κ1) is 15.1. The first-order chi connectivity index (χ1) is 11.0. The van der Waals surface area contributed by atoms with E-state index in [-0.39, 0.29) is 5.56 Å². The fraction of sp³-hybridized carbons (Fsp3) is 0.0556. The minimum Gasteiger partial charge on any atom is -0.240 e. The summed E-state index contributed by atoms with van der Waals surface area (Å²) in [6, 6.07) is 17.4. The zero-order chi connectivity index (χ0) is 16.4. The zero-order valence-electron chi connectivity index (χ0n) is 12.1. The molecular weight excluding hydrogens is 301 g/mol. The van der Waals surface area contributed by atoms with E-state index in [1.54, 1.807) is 54.6 Å². The second-order valence-electron chi connectivity index (χ2n) is 5.01. The number of aromatic nitrogens is 2. The molecule has 1 aromatic heterocycles. The van der Waals surface area contributed by atoms with Crippen molar-refractivity contribution in [2.75, 3.05) is 0 Å². The lowest BCUT2D eigenvalue weighted by molar-refractivity contribution is -0.140. The molecule has 0 spiro atoms. The molecule has 0 saturated heterocycles. The van der Waals surface area contributed by atoms with Crippen LogP contribution in [0.4, 0.5) is 13.2 Å². The summed E-state index contributed by atoms with van der Waals surface area (Å²) in [5, 5.41) is 3.73. The van der Waals surface area contributed by atoms with Crippen molar-refractivity contribution in [1.82, 2.24) is 9.78 Å². The van der Waals surface area contributed by atoms with E-state index in [1.165, 1.54) is 10.9 Å². The normalized spacial score (nSPS) is 11.4. The third-order valence-corrected chi connectivity index (χ3v) is 3.45. The fourth-order valence-corrected chi connectivity index (χ4v) is 2.31. The van der Waals surface area contributed by atoms with Gasteiger partial charge in [-0.1, -0.05) is 67.2 Å². The maximum Gasteiger partial charge on any atom is 0.435 e. The van der Waals surface area contributed by atoms with Crippen LogP contribution in [-0.4, -0.2) is 9.78 Å². The Labute approximate surface area is 131 Å². The highest BCUT2D eigenvalue weighted by atomic mass is 19.4. The standard InChI is InChI=1S/C18H13F3N2/c1-13(14-8-4-2-5-9-14)23-12-16(15-10-6-3-7-11-15)17(22-23)18(19,20)21/h2-12H,1H2. The summed E-state index contributed by atoms with van der Waals surface area (Å²) >= 11 is 0. The van der Waals surface area contributed by atoms with Crippen molar-refractivity contribution < 1.29 is 13.2 Å². The molecule has 0 amide bonds. The molecule has 0 aliphatic rings. The maximum absolute atomic E-state index is 13.3. The average Bonchev–Trinajstić information content (AvgIpc) is 3.01. The minimum atomic E-state index is -4.53. The average molecular weight is 314 g/mol. The van der Waals surface area contributed by atoms with Crippen LogP contribution in [0.1, 0.15) is 11.3 Å². The van der Waals surface area contributed by atoms with Crippen LogP contribution in [0.5, 0.6) is 0 Å². The van der Waals surface area contributed by atoms with Crippen LogP contribution in [0.15, 0.2) is 73.4 Å². The Hall–Kier alpha value is -2.82. The SMILES string of the molecule is C=C(c1ccccc1)n1cc(-c2ccccc2)c(C(F)(F)F)n1. The number of benzene rings is 2. The molecule has 0 atom stereocenters. The van der Waals surface area contributed by atoms with Gasteiger partial charge in [-0.3, -0.25) is 0 Å². The van der Waals surface area contributed by atoms with Crippen LogP contribution < -0.4 is 0 Å². The van der Waals surface area contributed by atoms with Gasteiger partial charge in [0.1, 0.15) is 0 Å². The Morgan fingerprint density at radius 3 is 2.04 bits per heavy atom. The first-order valence-corrected chi connectivity index (χ1v) is 6.94. The van der Waals surface area contributed by atoms with E-state index in [9.17, 15) is 13.2 Å². The summed E-state index contributed by atoms with van der Waals surface area (Å²) in [6.07, 6.45) is -3.17. The highest BCUT2D eigenvalue weighted by Gasteiger charge is 2.37. The zero-order valence-corrected chi connectivity index (χ0v) is 12.1. The molecule has 1 heterocycles. The van der Waals surface area contributed by atoms with Gasteiger partial charge in [-0.25, -0.2) is 4.68 Å². The van der Waals surface area contributed by atoms with Crippen molar-refractivity contribution in [2.24, 2.45) is 0 Å². The van der Waals surface area contributed by atoms with Gasteiger partial charge in [-0.2, -0.15) is 18.3 Å². The summed E-state index contributed by atoms with van der Waals surface area (Å²) < 4.78 is 41.1. The van der Waals surface area contributed by atoms with Gasteiger partial charge in [0.25, 0.3) is 0 Å². The summed E-state index contributed by atoms with van der Waals surface area (Å²) in [7, 11) is 0. The molecule has 0 aliphatic carbocycles. The second-order valence-corrected chi connectivity index (χ2v) is 5.01. The molecule has 3 rings (SSSR count). The van der Waals surface area contributed by atoms with Gasteiger partial charge in [0.15, 0.2) is 5.69 Å². The van der Waals surface area contributed by atoms with Crippen molar-refractivity contribution in [1.29, 1.82) is 0 Å². The van der Waals surface area contributed by atoms with Crippen molar-refractivity contribution in [3.8, 4) is 11.1 Å². The number of hydrogen-bond donors (Lipinski definition) is 0. The molecule has 2 nitrogen and oxygen atoms in total. The van der Waals surface area contributed by atoms with Crippen LogP contribution in [-0.2, 0) is 6.18 Å². The van der Waals surface area contributed by atoms with E-state index in [1.807, 2.05) is 6.07 Å². The highest BCUT2D eigenvalue weighted by molar-refractivity contribution is 5.70. The van der Waals surface area contributed by atoms with E-state index >= 15 is 0 Å². The Kier molecular flexibility index (Phi) is 3.78. The van der Waals surface area contributed by atoms with Gasteiger partial charge in [0.05, 0.1) is 5.70 Å². The number of hydrogen-bond acceptors (Lipinski definition) is 1. The third kappa shape index (κ3) is 3.04. The smallest absolute Gasteiger partial charge is 0.240 e. The molecule has 0 fully saturated rings. The summed E-state index contributed by atoms with van der Waals surface area (Å²) in [6.45, 7) is 3.86. The molecule has 3 aromatic rings. The van der Waals surface area contributed by atoms with Crippen molar-refractivity contribution in [2.45, 2.75) is 6.18 Å².